The van der Waals surface area contributed by atoms with Gasteiger partial charge in [0.05, 0.1) is 10.6 Å². The van der Waals surface area contributed by atoms with Crippen LogP contribution in [-0.2, 0) is 0 Å². The van der Waals surface area contributed by atoms with Gasteiger partial charge in [0.1, 0.15) is 0 Å². The molecule has 0 saturated carbocycles. The van der Waals surface area contributed by atoms with Crippen LogP contribution in [0.2, 0.25) is 0 Å². The molecule has 18 heavy (non-hydrogen) atoms. The number of aromatic amines is 2. The second-order valence-corrected chi connectivity index (χ2v) is 4.26. The molecule has 2 rings (SSSR count). The predicted molar refractivity (Wildman–Crippen MR) is 67.7 cm³/mol. The lowest BCUT2D eigenvalue weighted by Crippen LogP contribution is -2.16. The number of nitro benzene ring substituents is 1. The molecule has 0 aliphatic rings. The van der Waals surface area contributed by atoms with Gasteiger partial charge in [-0.15, -0.1) is 0 Å². The summed E-state index contributed by atoms with van der Waals surface area (Å²) in [6.45, 7) is 3.41. The summed E-state index contributed by atoms with van der Waals surface area (Å²) in [4.78, 5) is 22.0. The van der Waals surface area contributed by atoms with E-state index in [4.69, 9.17) is 12.2 Å². The molecule has 0 aliphatic carbocycles. The van der Waals surface area contributed by atoms with Gasteiger partial charge in [-0.05, 0) is 37.7 Å². The number of nitro groups is 1. The molecule has 0 aliphatic heterocycles. The first-order valence-electron chi connectivity index (χ1n) is 5.07. The van der Waals surface area contributed by atoms with E-state index in [1.807, 2.05) is 0 Å². The maximum atomic E-state index is 11.6. The Hall–Kier alpha value is -2.22. The lowest BCUT2D eigenvalue weighted by molar-refractivity contribution is -0.385. The second-order valence-electron chi connectivity index (χ2n) is 3.88. The number of nitrogens with one attached hydrogen (secondary N) is 2. The van der Waals surface area contributed by atoms with Crippen molar-refractivity contribution in [3.8, 4) is 5.69 Å². The van der Waals surface area contributed by atoms with E-state index in [2.05, 4.69) is 10.2 Å². The Morgan fingerprint density at radius 2 is 1.94 bits per heavy atom. The number of aryl methyl sites for hydroxylation is 2. The maximum absolute atomic E-state index is 11.6. The van der Waals surface area contributed by atoms with Gasteiger partial charge in [-0.2, -0.15) is 0 Å². The molecule has 1 aromatic heterocycles. The van der Waals surface area contributed by atoms with Crippen LogP contribution < -0.4 is 5.69 Å². The molecular weight excluding hydrogens is 256 g/mol. The maximum Gasteiger partial charge on any atom is 0.347 e. The molecular formula is C10H10N4O3S. The average Bonchev–Trinajstić information content (AvgIpc) is 2.59. The van der Waals surface area contributed by atoms with Gasteiger partial charge < -0.3 is 0 Å². The van der Waals surface area contributed by atoms with Crippen LogP contribution in [-0.4, -0.2) is 19.7 Å². The molecule has 0 fully saturated rings. The first-order chi connectivity index (χ1) is 8.41. The Morgan fingerprint density at radius 3 is 2.44 bits per heavy atom. The van der Waals surface area contributed by atoms with Crippen molar-refractivity contribution in [3.05, 3.63) is 48.6 Å². The first-order valence-corrected chi connectivity index (χ1v) is 5.48. The zero-order valence-electron chi connectivity index (χ0n) is 9.68. The van der Waals surface area contributed by atoms with E-state index in [-0.39, 0.29) is 10.5 Å². The van der Waals surface area contributed by atoms with E-state index in [1.165, 1.54) is 10.6 Å². The van der Waals surface area contributed by atoms with Gasteiger partial charge in [-0.1, -0.05) is 0 Å². The summed E-state index contributed by atoms with van der Waals surface area (Å²) in [7, 11) is 0. The number of benzene rings is 1. The van der Waals surface area contributed by atoms with Crippen LogP contribution in [0.1, 0.15) is 11.1 Å². The lowest BCUT2D eigenvalue weighted by Gasteiger charge is -2.07. The van der Waals surface area contributed by atoms with Gasteiger partial charge in [0, 0.05) is 11.6 Å². The van der Waals surface area contributed by atoms with E-state index in [1.54, 1.807) is 19.9 Å². The van der Waals surface area contributed by atoms with Crippen molar-refractivity contribution >= 4 is 17.9 Å². The topological polar surface area (TPSA) is 96.7 Å². The molecule has 0 radical (unpaired) electrons. The molecule has 2 N–H and O–H groups in total. The highest BCUT2D eigenvalue weighted by Gasteiger charge is 2.16. The largest absolute Gasteiger partial charge is 0.347 e. The minimum Gasteiger partial charge on any atom is -0.272 e. The van der Waals surface area contributed by atoms with Gasteiger partial charge in [-0.25, -0.2) is 14.5 Å². The second kappa shape index (κ2) is 4.22. The van der Waals surface area contributed by atoms with Crippen LogP contribution >= 0.6 is 12.2 Å². The van der Waals surface area contributed by atoms with Gasteiger partial charge in [0.25, 0.3) is 5.69 Å². The molecule has 0 saturated heterocycles. The Labute approximate surface area is 106 Å². The van der Waals surface area contributed by atoms with Crippen molar-refractivity contribution in [1.82, 2.24) is 14.8 Å². The predicted octanol–water partition coefficient (Wildman–Crippen LogP) is 1.75. The van der Waals surface area contributed by atoms with Crippen molar-refractivity contribution in [1.29, 1.82) is 0 Å². The summed E-state index contributed by atoms with van der Waals surface area (Å²) < 4.78 is 1.36. The zero-order valence-corrected chi connectivity index (χ0v) is 10.5. The fraction of sp³-hybridized carbons (Fsp3) is 0.200. The number of nitrogens with zero attached hydrogens (tertiary/aromatic N) is 2. The van der Waals surface area contributed by atoms with Crippen molar-refractivity contribution in [2.75, 3.05) is 0 Å². The third kappa shape index (κ3) is 1.86. The normalized spacial score (nSPS) is 10.6. The first kappa shape index (κ1) is 12.2. The monoisotopic (exact) mass is 266 g/mol. The molecule has 94 valence electrons. The summed E-state index contributed by atoms with van der Waals surface area (Å²) in [5.74, 6) is 0. The Balaban J connectivity index is 2.81. The number of H-pyrrole nitrogens is 2. The highest BCUT2D eigenvalue weighted by atomic mass is 32.1. The molecule has 7 nitrogen and oxygen atoms in total. The minimum absolute atomic E-state index is 0.0434. The van der Waals surface area contributed by atoms with E-state index in [0.717, 1.165) is 5.56 Å². The van der Waals surface area contributed by atoms with Crippen molar-refractivity contribution in [2.24, 2.45) is 0 Å². The van der Waals surface area contributed by atoms with E-state index >= 15 is 0 Å². The summed E-state index contributed by atoms with van der Waals surface area (Å²) in [6, 6.07) is 3.01. The fourth-order valence-electron chi connectivity index (χ4n) is 1.80. The number of aromatic nitrogens is 3. The van der Waals surface area contributed by atoms with Crippen molar-refractivity contribution < 1.29 is 4.92 Å². The molecule has 1 aromatic carbocycles. The van der Waals surface area contributed by atoms with Crippen LogP contribution in [0.3, 0.4) is 0 Å². The number of hydrogen-bond donors (Lipinski definition) is 2. The van der Waals surface area contributed by atoms with Gasteiger partial charge >= 0.3 is 5.69 Å². The summed E-state index contributed by atoms with van der Waals surface area (Å²) in [5, 5.41) is 15.7. The van der Waals surface area contributed by atoms with Gasteiger partial charge in [0.2, 0.25) is 4.77 Å². The Morgan fingerprint density at radius 1 is 1.28 bits per heavy atom. The molecule has 0 atom stereocenters. The van der Waals surface area contributed by atoms with E-state index in [0.29, 0.717) is 11.3 Å². The quantitative estimate of drug-likeness (QED) is 0.491. The molecule has 0 spiro atoms. The number of rotatable bonds is 2. The average molecular weight is 266 g/mol. The smallest absolute Gasteiger partial charge is 0.272 e. The van der Waals surface area contributed by atoms with Crippen LogP contribution in [0, 0.1) is 28.7 Å². The van der Waals surface area contributed by atoms with Crippen LogP contribution in [0.25, 0.3) is 5.69 Å². The SMILES string of the molecule is Cc1cc(C)c([N+](=O)[O-])cc1-n1c(=O)[nH][nH]c1=S. The molecule has 0 amide bonds. The van der Waals surface area contributed by atoms with Crippen molar-refractivity contribution in [2.45, 2.75) is 13.8 Å². The summed E-state index contributed by atoms with van der Waals surface area (Å²) in [6.07, 6.45) is 0. The van der Waals surface area contributed by atoms with E-state index in [9.17, 15) is 14.9 Å². The van der Waals surface area contributed by atoms with E-state index < -0.39 is 10.6 Å². The van der Waals surface area contributed by atoms with Gasteiger partial charge in [0.15, 0.2) is 0 Å². The third-order valence-corrected chi connectivity index (χ3v) is 2.92. The highest BCUT2D eigenvalue weighted by Crippen LogP contribution is 2.24. The highest BCUT2D eigenvalue weighted by molar-refractivity contribution is 7.71. The molecule has 0 unspecified atom stereocenters. The standard InChI is InChI=1S/C10H10N4O3S/c1-5-3-6(2)8(14(16)17)4-7(5)13-9(15)11-12-10(13)18/h3-4H,1-2H3,(H,11,15)(H,12,18). The molecule has 0 bridgehead atoms. The van der Waals surface area contributed by atoms with Crippen LogP contribution in [0.15, 0.2) is 16.9 Å². The third-order valence-electron chi connectivity index (χ3n) is 2.63. The van der Waals surface area contributed by atoms with Crippen molar-refractivity contribution in [3.63, 3.8) is 0 Å². The lowest BCUT2D eigenvalue weighted by atomic mass is 10.1. The van der Waals surface area contributed by atoms with Gasteiger partial charge in [-0.3, -0.25) is 15.2 Å². The molecule has 2 aromatic rings. The molecule has 1 heterocycles. The number of hydrogen-bond acceptors (Lipinski definition) is 4. The fourth-order valence-corrected chi connectivity index (χ4v) is 2.03. The van der Waals surface area contributed by atoms with Crippen LogP contribution in [0.5, 0.6) is 0 Å². The Kier molecular flexibility index (Phi) is 2.87. The minimum atomic E-state index is -0.483. The molecule has 8 heteroatoms. The summed E-state index contributed by atoms with van der Waals surface area (Å²) in [5.41, 5.74) is 1.18. The zero-order chi connectivity index (χ0) is 13.4. The van der Waals surface area contributed by atoms with Crippen LogP contribution in [0.4, 0.5) is 5.69 Å². The summed E-state index contributed by atoms with van der Waals surface area (Å²) >= 11 is 4.96. The Bertz CT molecular complexity index is 713.